The van der Waals surface area contributed by atoms with E-state index in [0.717, 1.165) is 5.01 Å². The molecule has 0 aliphatic rings. The molecule has 0 saturated carbocycles. The zero-order valence-electron chi connectivity index (χ0n) is 9.49. The number of anilines is 1. The smallest absolute Gasteiger partial charge is 0.247 e. The van der Waals surface area contributed by atoms with Crippen LogP contribution in [-0.4, -0.2) is 30.9 Å². The second kappa shape index (κ2) is 5.00. The van der Waals surface area contributed by atoms with Crippen molar-refractivity contribution in [3.8, 4) is 0 Å². The summed E-state index contributed by atoms with van der Waals surface area (Å²) in [4.78, 5) is 15.4. The van der Waals surface area contributed by atoms with Gasteiger partial charge in [0.05, 0.1) is 0 Å². The largest absolute Gasteiger partial charge is 0.299 e. The van der Waals surface area contributed by atoms with E-state index in [2.05, 4.69) is 25.6 Å². The fraction of sp³-hybridized carbons (Fsp3) is 0.444. The maximum atomic E-state index is 11.6. The maximum absolute atomic E-state index is 11.6. The summed E-state index contributed by atoms with van der Waals surface area (Å²) < 4.78 is 1.44. The SMILES string of the molecule is CC(C)c1nnc(NC(=O)Cn2cncn2)s1. The van der Waals surface area contributed by atoms with Gasteiger partial charge in [0.25, 0.3) is 0 Å². The zero-order valence-corrected chi connectivity index (χ0v) is 10.3. The molecule has 2 aromatic rings. The second-order valence-electron chi connectivity index (χ2n) is 3.74. The lowest BCUT2D eigenvalue weighted by molar-refractivity contribution is -0.116. The van der Waals surface area contributed by atoms with Gasteiger partial charge < -0.3 is 0 Å². The molecule has 1 amide bonds. The highest BCUT2D eigenvalue weighted by molar-refractivity contribution is 7.15. The van der Waals surface area contributed by atoms with Crippen molar-refractivity contribution >= 4 is 22.4 Å². The van der Waals surface area contributed by atoms with Crippen molar-refractivity contribution in [2.24, 2.45) is 0 Å². The first-order chi connectivity index (χ1) is 8.15. The number of rotatable bonds is 4. The van der Waals surface area contributed by atoms with Gasteiger partial charge in [-0.2, -0.15) is 5.10 Å². The predicted molar refractivity (Wildman–Crippen MR) is 62.6 cm³/mol. The Morgan fingerprint density at radius 2 is 2.35 bits per heavy atom. The minimum atomic E-state index is -0.193. The number of nitrogens with zero attached hydrogens (tertiary/aromatic N) is 5. The number of nitrogens with one attached hydrogen (secondary N) is 1. The van der Waals surface area contributed by atoms with Crippen molar-refractivity contribution in [1.29, 1.82) is 0 Å². The number of aromatic nitrogens is 5. The van der Waals surface area contributed by atoms with Gasteiger partial charge in [0.1, 0.15) is 24.2 Å². The lowest BCUT2D eigenvalue weighted by Gasteiger charge is -2.00. The standard InChI is InChI=1S/C9H12N6OS/c1-6(2)8-13-14-9(17-8)12-7(16)3-15-5-10-4-11-15/h4-6H,3H2,1-2H3,(H,12,14,16). The van der Waals surface area contributed by atoms with E-state index in [1.807, 2.05) is 13.8 Å². The Labute approximate surface area is 102 Å². The van der Waals surface area contributed by atoms with Crippen LogP contribution in [0.4, 0.5) is 5.13 Å². The van der Waals surface area contributed by atoms with E-state index >= 15 is 0 Å². The van der Waals surface area contributed by atoms with Gasteiger partial charge in [0.15, 0.2) is 0 Å². The quantitative estimate of drug-likeness (QED) is 0.873. The molecule has 0 radical (unpaired) electrons. The number of carbonyl (C=O) groups is 1. The Kier molecular flexibility index (Phi) is 3.43. The fourth-order valence-electron chi connectivity index (χ4n) is 1.14. The molecule has 2 heterocycles. The number of amides is 1. The molecule has 2 rings (SSSR count). The van der Waals surface area contributed by atoms with Crippen LogP contribution in [0.1, 0.15) is 24.8 Å². The summed E-state index contributed by atoms with van der Waals surface area (Å²) in [7, 11) is 0. The van der Waals surface area contributed by atoms with E-state index in [9.17, 15) is 4.79 Å². The Bertz CT molecular complexity index is 491. The van der Waals surface area contributed by atoms with E-state index in [1.165, 1.54) is 28.7 Å². The fourth-order valence-corrected chi connectivity index (χ4v) is 1.90. The predicted octanol–water partition coefficient (Wildman–Crippen LogP) is 0.892. The van der Waals surface area contributed by atoms with E-state index in [-0.39, 0.29) is 12.5 Å². The average molecular weight is 252 g/mol. The summed E-state index contributed by atoms with van der Waals surface area (Å²) in [5.41, 5.74) is 0. The van der Waals surface area contributed by atoms with Crippen LogP contribution in [0.2, 0.25) is 0 Å². The van der Waals surface area contributed by atoms with Crippen LogP contribution in [0.3, 0.4) is 0 Å². The normalized spacial score (nSPS) is 10.8. The number of hydrogen-bond acceptors (Lipinski definition) is 6. The van der Waals surface area contributed by atoms with Crippen LogP contribution >= 0.6 is 11.3 Å². The minimum absolute atomic E-state index is 0.122. The van der Waals surface area contributed by atoms with Gasteiger partial charge in [-0.05, 0) is 0 Å². The summed E-state index contributed by atoms with van der Waals surface area (Å²) in [6, 6.07) is 0. The Morgan fingerprint density at radius 3 is 2.94 bits per heavy atom. The minimum Gasteiger partial charge on any atom is -0.299 e. The molecule has 0 aliphatic heterocycles. The molecule has 17 heavy (non-hydrogen) atoms. The van der Waals surface area contributed by atoms with Gasteiger partial charge >= 0.3 is 0 Å². The Hall–Kier alpha value is -1.83. The first-order valence-corrected chi connectivity index (χ1v) is 5.92. The van der Waals surface area contributed by atoms with E-state index < -0.39 is 0 Å². The lowest BCUT2D eigenvalue weighted by Crippen LogP contribution is -2.18. The number of hydrogen-bond donors (Lipinski definition) is 1. The molecule has 0 aromatic carbocycles. The topological polar surface area (TPSA) is 85.6 Å². The van der Waals surface area contributed by atoms with Crippen molar-refractivity contribution in [2.45, 2.75) is 26.3 Å². The van der Waals surface area contributed by atoms with Gasteiger partial charge in [-0.1, -0.05) is 25.2 Å². The molecule has 8 heteroatoms. The highest BCUT2D eigenvalue weighted by atomic mass is 32.1. The molecule has 0 aliphatic carbocycles. The zero-order chi connectivity index (χ0) is 12.3. The molecule has 0 saturated heterocycles. The van der Waals surface area contributed by atoms with Gasteiger partial charge in [0.2, 0.25) is 11.0 Å². The molecule has 7 nitrogen and oxygen atoms in total. The van der Waals surface area contributed by atoms with Crippen LogP contribution in [0.15, 0.2) is 12.7 Å². The van der Waals surface area contributed by atoms with E-state index in [0.29, 0.717) is 11.0 Å². The van der Waals surface area contributed by atoms with Gasteiger partial charge in [-0.15, -0.1) is 10.2 Å². The summed E-state index contributed by atoms with van der Waals surface area (Å²) in [6.07, 6.45) is 2.87. The lowest BCUT2D eigenvalue weighted by atomic mass is 10.2. The van der Waals surface area contributed by atoms with E-state index in [4.69, 9.17) is 0 Å². The van der Waals surface area contributed by atoms with E-state index in [1.54, 1.807) is 0 Å². The first-order valence-electron chi connectivity index (χ1n) is 5.11. The van der Waals surface area contributed by atoms with Crippen molar-refractivity contribution in [2.75, 3.05) is 5.32 Å². The van der Waals surface area contributed by atoms with Crippen molar-refractivity contribution in [1.82, 2.24) is 25.0 Å². The monoisotopic (exact) mass is 252 g/mol. The van der Waals surface area contributed by atoms with Gasteiger partial charge in [0, 0.05) is 5.92 Å². The molecule has 0 atom stereocenters. The van der Waals surface area contributed by atoms with Crippen molar-refractivity contribution in [3.05, 3.63) is 17.7 Å². The third-order valence-corrected chi connectivity index (χ3v) is 3.09. The molecular weight excluding hydrogens is 240 g/mol. The highest BCUT2D eigenvalue weighted by Gasteiger charge is 2.10. The third-order valence-electron chi connectivity index (χ3n) is 1.95. The average Bonchev–Trinajstić information content (AvgIpc) is 2.88. The Balaban J connectivity index is 1.93. The molecule has 0 spiro atoms. The molecule has 0 fully saturated rings. The molecule has 1 N–H and O–H groups in total. The first kappa shape index (κ1) is 11.6. The summed E-state index contributed by atoms with van der Waals surface area (Å²) in [5.74, 6) is 0.121. The molecule has 0 unspecified atom stereocenters. The Morgan fingerprint density at radius 1 is 1.53 bits per heavy atom. The van der Waals surface area contributed by atoms with Gasteiger partial charge in [-0.3, -0.25) is 10.1 Å². The third kappa shape index (κ3) is 3.06. The van der Waals surface area contributed by atoms with Crippen LogP contribution < -0.4 is 5.32 Å². The van der Waals surface area contributed by atoms with Crippen LogP contribution in [0.5, 0.6) is 0 Å². The van der Waals surface area contributed by atoms with Crippen LogP contribution in [-0.2, 0) is 11.3 Å². The molecule has 0 bridgehead atoms. The summed E-state index contributed by atoms with van der Waals surface area (Å²) >= 11 is 1.38. The van der Waals surface area contributed by atoms with Crippen LogP contribution in [0, 0.1) is 0 Å². The maximum Gasteiger partial charge on any atom is 0.247 e. The summed E-state index contributed by atoms with van der Waals surface area (Å²) in [6.45, 7) is 4.18. The molecule has 90 valence electrons. The second-order valence-corrected chi connectivity index (χ2v) is 4.75. The van der Waals surface area contributed by atoms with Crippen LogP contribution in [0.25, 0.3) is 0 Å². The number of carbonyl (C=O) groups excluding carboxylic acids is 1. The molecular formula is C9H12N6OS. The van der Waals surface area contributed by atoms with Gasteiger partial charge in [-0.25, -0.2) is 9.67 Å². The summed E-state index contributed by atoms with van der Waals surface area (Å²) in [5, 5.41) is 15.8. The van der Waals surface area contributed by atoms with Crippen molar-refractivity contribution < 1.29 is 4.79 Å². The molecule has 2 aromatic heterocycles. The van der Waals surface area contributed by atoms with Crippen molar-refractivity contribution in [3.63, 3.8) is 0 Å². The highest BCUT2D eigenvalue weighted by Crippen LogP contribution is 2.22.